The van der Waals surface area contributed by atoms with Gasteiger partial charge in [-0.05, 0) is 25.1 Å². The maximum atomic E-state index is 12.7. The number of aryl methyl sites for hydroxylation is 1. The minimum atomic E-state index is -0.435. The van der Waals surface area contributed by atoms with Crippen molar-refractivity contribution in [1.82, 2.24) is 15.0 Å². The summed E-state index contributed by atoms with van der Waals surface area (Å²) in [7, 11) is 1.31. The van der Waals surface area contributed by atoms with Crippen molar-refractivity contribution in [2.24, 2.45) is 0 Å². The third-order valence-corrected chi connectivity index (χ3v) is 3.80. The van der Waals surface area contributed by atoms with Crippen molar-refractivity contribution in [3.8, 4) is 0 Å². The van der Waals surface area contributed by atoms with Gasteiger partial charge in [0.2, 0.25) is 5.78 Å². The van der Waals surface area contributed by atoms with Crippen LogP contribution in [0.1, 0.15) is 27.6 Å². The summed E-state index contributed by atoms with van der Waals surface area (Å²) in [6, 6.07) is 5.20. The monoisotopic (exact) mass is 331 g/mol. The number of esters is 1. The maximum Gasteiger partial charge on any atom is 0.310 e. The Kier molecular flexibility index (Phi) is 3.92. The summed E-state index contributed by atoms with van der Waals surface area (Å²) in [5, 5.41) is 1.24. The van der Waals surface area contributed by atoms with Crippen molar-refractivity contribution in [1.29, 1.82) is 0 Å². The normalized spacial score (nSPS) is 10.9. The Morgan fingerprint density at radius 1 is 1.30 bits per heavy atom. The number of carbonyl (C=O) groups excluding carboxylic acids is 2. The number of methoxy groups -OCH3 is 1. The summed E-state index contributed by atoms with van der Waals surface area (Å²) >= 11 is 6.04. The number of ketones is 1. The summed E-state index contributed by atoms with van der Waals surface area (Å²) in [6.45, 7) is 1.81. The first kappa shape index (κ1) is 15.3. The van der Waals surface area contributed by atoms with Crippen molar-refractivity contribution in [3.63, 3.8) is 0 Å². The summed E-state index contributed by atoms with van der Waals surface area (Å²) in [5.41, 5.74) is 2.36. The fourth-order valence-electron chi connectivity index (χ4n) is 2.46. The molecule has 0 aliphatic rings. The first-order valence-corrected chi connectivity index (χ1v) is 7.30. The molecule has 7 heteroatoms. The van der Waals surface area contributed by atoms with Crippen LogP contribution in [0.3, 0.4) is 0 Å². The minimum absolute atomic E-state index is 0.0302. The van der Waals surface area contributed by atoms with Crippen LogP contribution in [0, 0.1) is 6.92 Å². The zero-order valence-corrected chi connectivity index (χ0v) is 13.3. The van der Waals surface area contributed by atoms with Crippen LogP contribution in [0.15, 0.2) is 24.4 Å². The number of nitrogens with one attached hydrogen (secondary N) is 2. The number of carbonyl (C=O) groups is 2. The largest absolute Gasteiger partial charge is 0.469 e. The van der Waals surface area contributed by atoms with Gasteiger partial charge >= 0.3 is 5.97 Å². The molecule has 0 saturated heterocycles. The molecule has 3 aromatic rings. The third kappa shape index (κ3) is 2.85. The number of H-pyrrole nitrogens is 2. The number of fused-ring (bicyclic) bond motifs is 1. The highest BCUT2D eigenvalue weighted by Crippen LogP contribution is 2.27. The predicted molar refractivity (Wildman–Crippen MR) is 85.8 cm³/mol. The zero-order valence-electron chi connectivity index (χ0n) is 12.6. The lowest BCUT2D eigenvalue weighted by atomic mass is 10.0. The van der Waals surface area contributed by atoms with Crippen molar-refractivity contribution in [3.05, 3.63) is 52.2 Å². The van der Waals surface area contributed by atoms with E-state index in [1.165, 1.54) is 7.11 Å². The lowest BCUT2D eigenvalue weighted by Gasteiger charge is -2.02. The van der Waals surface area contributed by atoms with Crippen molar-refractivity contribution in [2.75, 3.05) is 7.11 Å². The van der Waals surface area contributed by atoms with Crippen LogP contribution in [0.5, 0.6) is 0 Å². The van der Waals surface area contributed by atoms with Crippen molar-refractivity contribution >= 4 is 34.3 Å². The van der Waals surface area contributed by atoms with Gasteiger partial charge in [0.15, 0.2) is 5.82 Å². The second kappa shape index (κ2) is 5.89. The Morgan fingerprint density at radius 2 is 2.09 bits per heavy atom. The quantitative estimate of drug-likeness (QED) is 0.568. The molecular formula is C16H14ClN3O3. The summed E-state index contributed by atoms with van der Waals surface area (Å²) in [4.78, 5) is 34.4. The Bertz CT molecular complexity index is 911. The average molecular weight is 332 g/mol. The first-order chi connectivity index (χ1) is 11.0. The highest BCUT2D eigenvalue weighted by molar-refractivity contribution is 6.31. The molecule has 0 spiro atoms. The Labute approximate surface area is 136 Å². The number of nitrogens with zero attached hydrogens (tertiary/aromatic N) is 1. The Balaban J connectivity index is 2.16. The minimum Gasteiger partial charge on any atom is -0.469 e. The van der Waals surface area contributed by atoms with Crippen molar-refractivity contribution in [2.45, 2.75) is 13.3 Å². The molecule has 0 aliphatic carbocycles. The van der Waals surface area contributed by atoms with E-state index in [0.29, 0.717) is 16.3 Å². The lowest BCUT2D eigenvalue weighted by molar-refractivity contribution is -0.139. The summed E-state index contributed by atoms with van der Waals surface area (Å²) in [6.07, 6.45) is 1.55. The van der Waals surface area contributed by atoms with Gasteiger partial charge in [-0.3, -0.25) is 9.59 Å². The average Bonchev–Trinajstić information content (AvgIpc) is 3.11. The molecular weight excluding hydrogens is 318 g/mol. The van der Waals surface area contributed by atoms with Crippen LogP contribution in [-0.4, -0.2) is 33.8 Å². The molecule has 0 amide bonds. The van der Waals surface area contributed by atoms with Crippen LogP contribution in [0.25, 0.3) is 10.9 Å². The molecule has 1 aromatic carbocycles. The fourth-order valence-corrected chi connectivity index (χ4v) is 2.63. The number of hydrogen-bond donors (Lipinski definition) is 2. The van der Waals surface area contributed by atoms with Gasteiger partial charge in [0.05, 0.1) is 19.2 Å². The molecule has 0 radical (unpaired) electrons. The van der Waals surface area contributed by atoms with Crippen LogP contribution >= 0.6 is 11.6 Å². The number of aromatic nitrogens is 3. The van der Waals surface area contributed by atoms with Gasteiger partial charge in [0.25, 0.3) is 0 Å². The van der Waals surface area contributed by atoms with E-state index in [4.69, 9.17) is 16.3 Å². The second-order valence-corrected chi connectivity index (χ2v) is 5.60. The maximum absolute atomic E-state index is 12.7. The van der Waals surface area contributed by atoms with E-state index in [-0.39, 0.29) is 18.0 Å². The van der Waals surface area contributed by atoms with E-state index in [0.717, 1.165) is 16.6 Å². The van der Waals surface area contributed by atoms with Gasteiger partial charge in [-0.1, -0.05) is 11.6 Å². The topological polar surface area (TPSA) is 87.8 Å². The predicted octanol–water partition coefficient (Wildman–Crippen LogP) is 2.80. The molecule has 2 N–H and O–H groups in total. The molecule has 6 nitrogen and oxygen atoms in total. The molecule has 2 aromatic heterocycles. The van der Waals surface area contributed by atoms with Gasteiger partial charge in [-0.15, -0.1) is 0 Å². The van der Waals surface area contributed by atoms with Gasteiger partial charge in [-0.25, -0.2) is 4.98 Å². The zero-order chi connectivity index (χ0) is 16.6. The third-order valence-electron chi connectivity index (χ3n) is 3.56. The number of rotatable bonds is 4. The van der Waals surface area contributed by atoms with Gasteiger partial charge in [0, 0.05) is 33.4 Å². The van der Waals surface area contributed by atoms with Crippen LogP contribution < -0.4 is 0 Å². The van der Waals surface area contributed by atoms with Crippen LogP contribution in [0.2, 0.25) is 5.02 Å². The molecule has 0 aliphatic heterocycles. The second-order valence-electron chi connectivity index (χ2n) is 5.17. The standard InChI is InChI=1S/C16H14ClN3O3/c1-8-7-18-16(19-8)15(22)14-11(6-13(21)23-2)10-5-9(17)3-4-12(10)20-14/h3-5,7,20H,6H2,1-2H3,(H,18,19). The molecule has 0 saturated carbocycles. The Hall–Kier alpha value is -2.60. The first-order valence-electron chi connectivity index (χ1n) is 6.93. The van der Waals surface area contributed by atoms with Gasteiger partial charge in [0.1, 0.15) is 0 Å². The molecule has 2 heterocycles. The van der Waals surface area contributed by atoms with E-state index < -0.39 is 5.97 Å². The van der Waals surface area contributed by atoms with Crippen LogP contribution in [-0.2, 0) is 16.0 Å². The van der Waals surface area contributed by atoms with E-state index in [1.54, 1.807) is 24.4 Å². The molecule has 118 valence electrons. The molecule has 0 unspecified atom stereocenters. The number of aromatic amines is 2. The number of imidazole rings is 1. The van der Waals surface area contributed by atoms with Gasteiger partial charge < -0.3 is 14.7 Å². The molecule has 0 bridgehead atoms. The summed E-state index contributed by atoms with van der Waals surface area (Å²) in [5.74, 6) is -0.536. The number of benzene rings is 1. The van der Waals surface area contributed by atoms with Crippen molar-refractivity contribution < 1.29 is 14.3 Å². The number of hydrogen-bond acceptors (Lipinski definition) is 4. The Morgan fingerprint density at radius 3 is 2.74 bits per heavy atom. The fraction of sp³-hybridized carbons (Fsp3) is 0.188. The molecule has 3 rings (SSSR count). The highest BCUT2D eigenvalue weighted by Gasteiger charge is 2.23. The smallest absolute Gasteiger partial charge is 0.310 e. The molecule has 0 fully saturated rings. The van der Waals surface area contributed by atoms with E-state index in [2.05, 4.69) is 15.0 Å². The van der Waals surface area contributed by atoms with Gasteiger partial charge in [-0.2, -0.15) is 0 Å². The van der Waals surface area contributed by atoms with E-state index >= 15 is 0 Å². The summed E-state index contributed by atoms with van der Waals surface area (Å²) < 4.78 is 4.73. The molecule has 23 heavy (non-hydrogen) atoms. The van der Waals surface area contributed by atoms with E-state index in [1.807, 2.05) is 6.92 Å². The van der Waals surface area contributed by atoms with E-state index in [9.17, 15) is 9.59 Å². The number of ether oxygens (including phenoxy) is 1. The highest BCUT2D eigenvalue weighted by atomic mass is 35.5. The SMILES string of the molecule is COC(=O)Cc1c(C(=O)c2ncc(C)[nH]2)[nH]c2ccc(Cl)cc12. The lowest BCUT2D eigenvalue weighted by Crippen LogP contribution is -2.11. The number of halogens is 1. The van der Waals surface area contributed by atoms with Crippen LogP contribution in [0.4, 0.5) is 0 Å². The molecule has 0 atom stereocenters.